The molecular weight excluding hydrogens is 396 g/mol. The maximum absolute atomic E-state index is 5.80. The molecule has 0 aliphatic rings. The summed E-state index contributed by atoms with van der Waals surface area (Å²) in [4.78, 5) is 0. The molecule has 1 aromatic heterocycles. The topological polar surface area (TPSA) is 56.7 Å². The van der Waals surface area contributed by atoms with E-state index in [0.29, 0.717) is 6.54 Å². The monoisotopic (exact) mass is 406 g/mol. The number of hydrogen-bond acceptors (Lipinski definition) is 3. The molecule has 0 aliphatic heterocycles. The van der Waals surface area contributed by atoms with Gasteiger partial charge in [-0.05, 0) is 30.3 Å². The van der Waals surface area contributed by atoms with Crippen molar-refractivity contribution < 1.29 is 0 Å². The van der Waals surface area contributed by atoms with Crippen molar-refractivity contribution in [3.63, 3.8) is 0 Å². The number of halogens is 2. The predicted molar refractivity (Wildman–Crippen MR) is 90.1 cm³/mol. The van der Waals surface area contributed by atoms with E-state index in [1.807, 2.05) is 53.1 Å². The SMILES string of the molecule is NCc1nnc(-c2cc(Br)ccc2Br)n1-c1ccccc1. The second-order valence-electron chi connectivity index (χ2n) is 4.44. The summed E-state index contributed by atoms with van der Waals surface area (Å²) in [5, 5.41) is 8.53. The van der Waals surface area contributed by atoms with Crippen LogP contribution in [-0.2, 0) is 6.54 Å². The summed E-state index contributed by atoms with van der Waals surface area (Å²) in [6.45, 7) is 0.327. The standard InChI is InChI=1S/C15H12Br2N4/c16-10-6-7-13(17)12(8-10)15-20-19-14(9-18)21(15)11-4-2-1-3-5-11/h1-8H,9,18H2. The molecule has 0 spiro atoms. The zero-order valence-electron chi connectivity index (χ0n) is 11.0. The lowest BCUT2D eigenvalue weighted by Gasteiger charge is -2.11. The van der Waals surface area contributed by atoms with E-state index in [0.717, 1.165) is 31.8 Å². The first-order chi connectivity index (χ1) is 10.2. The second-order valence-corrected chi connectivity index (χ2v) is 6.21. The third-order valence-corrected chi connectivity index (χ3v) is 4.28. The summed E-state index contributed by atoms with van der Waals surface area (Å²) in [5.74, 6) is 1.48. The normalized spacial score (nSPS) is 10.8. The van der Waals surface area contributed by atoms with Crippen LogP contribution in [0.2, 0.25) is 0 Å². The molecule has 3 aromatic rings. The molecule has 3 rings (SSSR count). The van der Waals surface area contributed by atoms with Crippen molar-refractivity contribution in [1.82, 2.24) is 14.8 Å². The number of nitrogens with zero attached hydrogens (tertiary/aromatic N) is 3. The van der Waals surface area contributed by atoms with E-state index in [-0.39, 0.29) is 0 Å². The maximum atomic E-state index is 5.80. The van der Waals surface area contributed by atoms with Gasteiger partial charge in [-0.2, -0.15) is 0 Å². The highest BCUT2D eigenvalue weighted by Gasteiger charge is 2.16. The summed E-state index contributed by atoms with van der Waals surface area (Å²) in [5.41, 5.74) is 7.75. The van der Waals surface area contributed by atoms with Gasteiger partial charge in [0.05, 0.1) is 6.54 Å². The van der Waals surface area contributed by atoms with Crippen LogP contribution in [0.15, 0.2) is 57.5 Å². The average Bonchev–Trinajstić information content (AvgIpc) is 2.94. The molecule has 0 radical (unpaired) electrons. The van der Waals surface area contributed by atoms with Crippen LogP contribution < -0.4 is 5.73 Å². The van der Waals surface area contributed by atoms with Crippen LogP contribution in [0.4, 0.5) is 0 Å². The van der Waals surface area contributed by atoms with Gasteiger partial charge in [0.2, 0.25) is 0 Å². The molecule has 0 saturated carbocycles. The van der Waals surface area contributed by atoms with E-state index in [4.69, 9.17) is 5.73 Å². The van der Waals surface area contributed by atoms with E-state index in [1.54, 1.807) is 0 Å². The van der Waals surface area contributed by atoms with Crippen LogP contribution in [0.25, 0.3) is 17.1 Å². The third-order valence-electron chi connectivity index (χ3n) is 3.10. The van der Waals surface area contributed by atoms with Gasteiger partial charge >= 0.3 is 0 Å². The fourth-order valence-electron chi connectivity index (χ4n) is 2.14. The molecular formula is C15H12Br2N4. The van der Waals surface area contributed by atoms with Crippen LogP contribution in [0.3, 0.4) is 0 Å². The summed E-state index contributed by atoms with van der Waals surface area (Å²) in [7, 11) is 0. The number of aromatic nitrogens is 3. The number of benzene rings is 2. The van der Waals surface area contributed by atoms with Gasteiger partial charge in [0.1, 0.15) is 0 Å². The molecule has 21 heavy (non-hydrogen) atoms. The molecule has 106 valence electrons. The molecule has 2 aromatic carbocycles. The Balaban J connectivity index is 2.25. The zero-order chi connectivity index (χ0) is 14.8. The van der Waals surface area contributed by atoms with E-state index in [9.17, 15) is 0 Å². The van der Waals surface area contributed by atoms with Gasteiger partial charge in [-0.15, -0.1) is 10.2 Å². The molecule has 0 saturated heterocycles. The fraction of sp³-hybridized carbons (Fsp3) is 0.0667. The highest BCUT2D eigenvalue weighted by atomic mass is 79.9. The first-order valence-electron chi connectivity index (χ1n) is 6.36. The largest absolute Gasteiger partial charge is 0.324 e. The van der Waals surface area contributed by atoms with Crippen molar-refractivity contribution in [3.8, 4) is 17.1 Å². The first-order valence-corrected chi connectivity index (χ1v) is 7.94. The van der Waals surface area contributed by atoms with Gasteiger partial charge in [0.15, 0.2) is 11.6 Å². The van der Waals surface area contributed by atoms with Crippen LogP contribution in [0.1, 0.15) is 5.82 Å². The molecule has 4 nitrogen and oxygen atoms in total. The molecule has 6 heteroatoms. The van der Waals surface area contributed by atoms with Crippen LogP contribution in [0, 0.1) is 0 Å². The number of para-hydroxylation sites is 1. The van der Waals surface area contributed by atoms with E-state index >= 15 is 0 Å². The smallest absolute Gasteiger partial charge is 0.169 e. The minimum atomic E-state index is 0.327. The minimum Gasteiger partial charge on any atom is -0.324 e. The van der Waals surface area contributed by atoms with Crippen molar-refractivity contribution in [3.05, 3.63) is 63.3 Å². The average molecular weight is 408 g/mol. The Morgan fingerprint density at radius 2 is 1.76 bits per heavy atom. The molecule has 0 bridgehead atoms. The van der Waals surface area contributed by atoms with Crippen LogP contribution in [-0.4, -0.2) is 14.8 Å². The molecule has 2 N–H and O–H groups in total. The minimum absolute atomic E-state index is 0.327. The number of nitrogens with two attached hydrogens (primary N) is 1. The Morgan fingerprint density at radius 1 is 1.00 bits per heavy atom. The van der Waals surface area contributed by atoms with E-state index < -0.39 is 0 Å². The van der Waals surface area contributed by atoms with Gasteiger partial charge in [-0.1, -0.05) is 50.1 Å². The van der Waals surface area contributed by atoms with Crippen molar-refractivity contribution >= 4 is 31.9 Å². The zero-order valence-corrected chi connectivity index (χ0v) is 14.2. The molecule has 0 atom stereocenters. The van der Waals surface area contributed by atoms with Crippen molar-refractivity contribution in [2.45, 2.75) is 6.54 Å². The quantitative estimate of drug-likeness (QED) is 0.715. The van der Waals surface area contributed by atoms with Gasteiger partial charge in [0, 0.05) is 20.2 Å². The van der Waals surface area contributed by atoms with Gasteiger partial charge in [0.25, 0.3) is 0 Å². The Kier molecular flexibility index (Phi) is 4.19. The molecule has 0 amide bonds. The Hall–Kier alpha value is -1.50. The lowest BCUT2D eigenvalue weighted by molar-refractivity contribution is 0.861. The highest BCUT2D eigenvalue weighted by Crippen LogP contribution is 2.31. The highest BCUT2D eigenvalue weighted by molar-refractivity contribution is 9.11. The molecule has 1 heterocycles. The fourth-order valence-corrected chi connectivity index (χ4v) is 2.93. The van der Waals surface area contributed by atoms with E-state index in [1.165, 1.54) is 0 Å². The van der Waals surface area contributed by atoms with Crippen LogP contribution in [0.5, 0.6) is 0 Å². The Labute approximate surface area is 139 Å². The third kappa shape index (κ3) is 2.79. The predicted octanol–water partition coefficient (Wildman–Crippen LogP) is 3.92. The molecule has 0 fully saturated rings. The van der Waals surface area contributed by atoms with E-state index in [2.05, 4.69) is 42.1 Å². The molecule has 0 unspecified atom stereocenters. The van der Waals surface area contributed by atoms with Gasteiger partial charge in [-0.25, -0.2) is 0 Å². The van der Waals surface area contributed by atoms with Crippen molar-refractivity contribution in [2.75, 3.05) is 0 Å². The summed E-state index contributed by atoms with van der Waals surface area (Å²) < 4.78 is 3.92. The Morgan fingerprint density at radius 3 is 2.48 bits per heavy atom. The van der Waals surface area contributed by atoms with Gasteiger partial charge in [-0.3, -0.25) is 4.57 Å². The number of rotatable bonds is 3. The van der Waals surface area contributed by atoms with Gasteiger partial charge < -0.3 is 5.73 Å². The summed E-state index contributed by atoms with van der Waals surface area (Å²) >= 11 is 7.07. The van der Waals surface area contributed by atoms with Crippen molar-refractivity contribution in [1.29, 1.82) is 0 Å². The lowest BCUT2D eigenvalue weighted by Crippen LogP contribution is -2.08. The summed E-state index contributed by atoms with van der Waals surface area (Å²) in [6, 6.07) is 15.9. The lowest BCUT2D eigenvalue weighted by atomic mass is 10.2. The summed E-state index contributed by atoms with van der Waals surface area (Å²) in [6.07, 6.45) is 0. The molecule has 0 aliphatic carbocycles. The second kappa shape index (κ2) is 6.09. The maximum Gasteiger partial charge on any atom is 0.169 e. The number of hydrogen-bond donors (Lipinski definition) is 1. The Bertz CT molecular complexity index is 769. The first kappa shape index (κ1) is 14.4. The van der Waals surface area contributed by atoms with Crippen LogP contribution >= 0.6 is 31.9 Å². The van der Waals surface area contributed by atoms with Crippen molar-refractivity contribution in [2.24, 2.45) is 5.73 Å².